The van der Waals surface area contributed by atoms with Crippen molar-refractivity contribution in [3.8, 4) is 0 Å². The summed E-state index contributed by atoms with van der Waals surface area (Å²) in [7, 11) is -3.56. The van der Waals surface area contributed by atoms with Gasteiger partial charge in [0.15, 0.2) is 0 Å². The van der Waals surface area contributed by atoms with Crippen molar-refractivity contribution in [1.29, 1.82) is 0 Å². The molecule has 0 unspecified atom stereocenters. The summed E-state index contributed by atoms with van der Waals surface area (Å²) in [6, 6.07) is 5.84. The largest absolute Gasteiger partial charge is 0.273 e. The number of piperidine rings is 1. The van der Waals surface area contributed by atoms with Crippen LogP contribution in [0.2, 0.25) is 0 Å². The average molecular weight is 408 g/mol. The number of benzene rings is 1. The zero-order valence-corrected chi connectivity index (χ0v) is 17.1. The normalized spacial score (nSPS) is 21.8. The van der Waals surface area contributed by atoms with E-state index < -0.39 is 15.9 Å². The van der Waals surface area contributed by atoms with Crippen molar-refractivity contribution in [1.82, 2.24) is 15.2 Å². The number of hydrogen-bond donors (Lipinski definition) is 2. The number of amides is 2. The molecule has 8 heteroatoms. The molecule has 1 aliphatic carbocycles. The molecule has 1 aromatic carbocycles. The second-order valence-corrected chi connectivity index (χ2v) is 9.65. The lowest BCUT2D eigenvalue weighted by Crippen LogP contribution is -2.45. The van der Waals surface area contributed by atoms with Gasteiger partial charge in [0, 0.05) is 24.1 Å². The highest BCUT2D eigenvalue weighted by Gasteiger charge is 2.31. The van der Waals surface area contributed by atoms with Crippen molar-refractivity contribution in [2.24, 2.45) is 5.92 Å². The molecule has 2 fully saturated rings. The van der Waals surface area contributed by atoms with Gasteiger partial charge in [0.25, 0.3) is 5.91 Å². The molecule has 0 radical (unpaired) electrons. The number of nitrogens with one attached hydrogen (secondary N) is 2. The van der Waals surface area contributed by atoms with Crippen molar-refractivity contribution >= 4 is 21.8 Å². The predicted octanol–water partition coefficient (Wildman–Crippen LogP) is 2.59. The van der Waals surface area contributed by atoms with Crippen LogP contribution in [0.5, 0.6) is 0 Å². The molecule has 1 aromatic rings. The Morgan fingerprint density at radius 3 is 2.21 bits per heavy atom. The highest BCUT2D eigenvalue weighted by atomic mass is 32.2. The molecule has 1 saturated carbocycles. The van der Waals surface area contributed by atoms with Crippen LogP contribution in [0.4, 0.5) is 0 Å². The van der Waals surface area contributed by atoms with Crippen LogP contribution in [-0.4, -0.2) is 37.1 Å². The van der Waals surface area contributed by atoms with E-state index in [2.05, 4.69) is 10.9 Å². The fraction of sp³-hybridized carbons (Fsp3) is 0.600. The van der Waals surface area contributed by atoms with Crippen LogP contribution in [-0.2, 0) is 14.8 Å². The molecule has 0 spiro atoms. The molecule has 3 rings (SSSR count). The predicted molar refractivity (Wildman–Crippen MR) is 106 cm³/mol. The van der Waals surface area contributed by atoms with E-state index in [0.29, 0.717) is 12.1 Å². The Labute approximate surface area is 166 Å². The third-order valence-electron chi connectivity index (χ3n) is 5.74. The molecule has 2 N–H and O–H groups in total. The summed E-state index contributed by atoms with van der Waals surface area (Å²) in [6.45, 7) is 2.45. The maximum Gasteiger partial charge on any atom is 0.269 e. The number of carbonyl (C=O) groups is 2. The Morgan fingerprint density at radius 1 is 0.929 bits per heavy atom. The van der Waals surface area contributed by atoms with Crippen LogP contribution in [0.3, 0.4) is 0 Å². The molecular weight excluding hydrogens is 378 g/mol. The standard InChI is InChI=1S/C20H29N3O4S/c1-15-7-5-6-14-23(15)28(26,27)18-12-10-17(11-13-18)20(25)22-21-19(24)16-8-3-2-4-9-16/h10-13,15-16H,2-9,14H2,1H3,(H,21,24)(H,22,25)/t15-/m0/s1. The molecule has 0 bridgehead atoms. The number of rotatable bonds is 4. The fourth-order valence-electron chi connectivity index (χ4n) is 4.00. The van der Waals surface area contributed by atoms with Gasteiger partial charge in [-0.1, -0.05) is 25.7 Å². The van der Waals surface area contributed by atoms with E-state index in [9.17, 15) is 18.0 Å². The Bertz CT molecular complexity index is 801. The van der Waals surface area contributed by atoms with Crippen molar-refractivity contribution in [3.63, 3.8) is 0 Å². The van der Waals surface area contributed by atoms with Gasteiger partial charge in [0.1, 0.15) is 0 Å². The Hall–Kier alpha value is -1.93. The first kappa shape index (κ1) is 20.8. The summed E-state index contributed by atoms with van der Waals surface area (Å²) >= 11 is 0. The van der Waals surface area contributed by atoms with Gasteiger partial charge < -0.3 is 0 Å². The summed E-state index contributed by atoms with van der Waals surface area (Å²) < 4.78 is 27.2. The van der Waals surface area contributed by atoms with Crippen LogP contribution in [0, 0.1) is 5.92 Å². The van der Waals surface area contributed by atoms with E-state index in [4.69, 9.17) is 0 Å². The van der Waals surface area contributed by atoms with Gasteiger partial charge in [-0.25, -0.2) is 8.42 Å². The van der Waals surface area contributed by atoms with Crippen LogP contribution < -0.4 is 10.9 Å². The second kappa shape index (κ2) is 9.05. The molecule has 1 atom stereocenters. The molecule has 7 nitrogen and oxygen atoms in total. The van der Waals surface area contributed by atoms with E-state index in [1.165, 1.54) is 28.6 Å². The molecule has 28 heavy (non-hydrogen) atoms. The topological polar surface area (TPSA) is 95.6 Å². The summed E-state index contributed by atoms with van der Waals surface area (Å²) in [5.41, 5.74) is 5.21. The van der Waals surface area contributed by atoms with Gasteiger partial charge in [-0.05, 0) is 56.9 Å². The van der Waals surface area contributed by atoms with Crippen LogP contribution in [0.15, 0.2) is 29.2 Å². The quantitative estimate of drug-likeness (QED) is 0.750. The minimum absolute atomic E-state index is 0.0169. The van der Waals surface area contributed by atoms with Gasteiger partial charge in [0.05, 0.1) is 4.90 Å². The minimum atomic E-state index is -3.56. The van der Waals surface area contributed by atoms with Gasteiger partial charge >= 0.3 is 0 Å². The van der Waals surface area contributed by atoms with Crippen molar-refractivity contribution in [3.05, 3.63) is 29.8 Å². The first-order chi connectivity index (χ1) is 13.4. The summed E-state index contributed by atoms with van der Waals surface area (Å²) in [5.74, 6) is -0.668. The highest BCUT2D eigenvalue weighted by Crippen LogP contribution is 2.25. The molecule has 2 amide bonds. The lowest BCUT2D eigenvalue weighted by atomic mass is 9.89. The van der Waals surface area contributed by atoms with Crippen molar-refractivity contribution < 1.29 is 18.0 Å². The first-order valence-corrected chi connectivity index (χ1v) is 11.6. The maximum absolute atomic E-state index is 12.8. The number of sulfonamides is 1. The van der Waals surface area contributed by atoms with E-state index >= 15 is 0 Å². The summed E-state index contributed by atoms with van der Waals surface area (Å²) in [5, 5.41) is 0. The third kappa shape index (κ3) is 4.72. The average Bonchev–Trinajstić information content (AvgIpc) is 2.72. The van der Waals surface area contributed by atoms with E-state index in [-0.39, 0.29) is 22.8 Å². The monoisotopic (exact) mass is 407 g/mol. The second-order valence-electron chi connectivity index (χ2n) is 7.76. The summed E-state index contributed by atoms with van der Waals surface area (Å²) in [4.78, 5) is 24.6. The number of nitrogens with zero attached hydrogens (tertiary/aromatic N) is 1. The van der Waals surface area contributed by atoms with Crippen LogP contribution >= 0.6 is 0 Å². The Morgan fingerprint density at radius 2 is 1.57 bits per heavy atom. The van der Waals surface area contributed by atoms with Gasteiger partial charge in [-0.15, -0.1) is 0 Å². The lowest BCUT2D eigenvalue weighted by molar-refractivity contribution is -0.126. The Kier molecular flexibility index (Phi) is 6.72. The highest BCUT2D eigenvalue weighted by molar-refractivity contribution is 7.89. The van der Waals surface area contributed by atoms with E-state index in [1.54, 1.807) is 0 Å². The van der Waals surface area contributed by atoms with Crippen LogP contribution in [0.25, 0.3) is 0 Å². The van der Waals surface area contributed by atoms with E-state index in [1.807, 2.05) is 6.92 Å². The number of carbonyl (C=O) groups excluding carboxylic acids is 2. The zero-order valence-electron chi connectivity index (χ0n) is 16.3. The molecule has 1 heterocycles. The lowest BCUT2D eigenvalue weighted by Gasteiger charge is -2.32. The third-order valence-corrected chi connectivity index (χ3v) is 7.77. The number of hydrazine groups is 1. The zero-order chi connectivity index (χ0) is 20.1. The van der Waals surface area contributed by atoms with Crippen molar-refractivity contribution in [2.75, 3.05) is 6.54 Å². The number of hydrogen-bond acceptors (Lipinski definition) is 4. The SMILES string of the molecule is C[C@H]1CCCCN1S(=O)(=O)c1ccc(C(=O)NNC(=O)C2CCCCC2)cc1. The molecule has 1 saturated heterocycles. The van der Waals surface area contributed by atoms with Gasteiger partial charge in [0.2, 0.25) is 15.9 Å². The first-order valence-electron chi connectivity index (χ1n) is 10.1. The maximum atomic E-state index is 12.8. The molecule has 0 aromatic heterocycles. The van der Waals surface area contributed by atoms with Gasteiger partial charge in [-0.2, -0.15) is 4.31 Å². The Balaban J connectivity index is 1.60. The smallest absolute Gasteiger partial charge is 0.269 e. The summed E-state index contributed by atoms with van der Waals surface area (Å²) in [6.07, 6.45) is 7.70. The van der Waals surface area contributed by atoms with Crippen molar-refractivity contribution in [2.45, 2.75) is 69.2 Å². The van der Waals surface area contributed by atoms with Gasteiger partial charge in [-0.3, -0.25) is 20.4 Å². The van der Waals surface area contributed by atoms with Crippen LogP contribution in [0.1, 0.15) is 68.6 Å². The van der Waals surface area contributed by atoms with E-state index in [0.717, 1.165) is 51.4 Å². The molecular formula is C20H29N3O4S. The fourth-order valence-corrected chi connectivity index (χ4v) is 5.70. The molecule has 1 aliphatic heterocycles. The molecule has 154 valence electrons. The molecule has 2 aliphatic rings. The minimum Gasteiger partial charge on any atom is -0.273 e.